The molecule has 1 fully saturated rings. The van der Waals surface area contributed by atoms with Crippen LogP contribution in [-0.2, 0) is 4.74 Å². The third-order valence-corrected chi connectivity index (χ3v) is 3.39. The Bertz CT molecular complexity index is 280. The quantitative estimate of drug-likeness (QED) is 0.521. The third-order valence-electron chi connectivity index (χ3n) is 2.67. The molecule has 0 aromatic carbocycles. The molecule has 0 amide bonds. The highest BCUT2D eigenvalue weighted by atomic mass is 32.2. The fourth-order valence-electron chi connectivity index (χ4n) is 1.74. The molecule has 3 heteroatoms. The van der Waals surface area contributed by atoms with Crippen LogP contribution in [0.4, 0.5) is 0 Å². The molecule has 1 saturated heterocycles. The number of likely N-dealkylation sites (tertiary alicyclic amines) is 1. The minimum atomic E-state index is 0.620. The minimum absolute atomic E-state index is 0.620. The molecule has 0 aromatic rings. The van der Waals surface area contributed by atoms with Gasteiger partial charge < -0.3 is 4.74 Å². The molecular formula is C13H21NOS. The van der Waals surface area contributed by atoms with E-state index in [1.807, 2.05) is 6.26 Å². The van der Waals surface area contributed by atoms with Crippen LogP contribution in [0.15, 0.2) is 36.2 Å². The van der Waals surface area contributed by atoms with E-state index in [0.717, 1.165) is 30.3 Å². The summed E-state index contributed by atoms with van der Waals surface area (Å²) in [7, 11) is 0. The van der Waals surface area contributed by atoms with E-state index in [1.54, 1.807) is 11.8 Å². The molecule has 1 aliphatic rings. The Morgan fingerprint density at radius 1 is 1.19 bits per heavy atom. The van der Waals surface area contributed by atoms with Crippen LogP contribution in [0.2, 0.25) is 0 Å². The summed E-state index contributed by atoms with van der Waals surface area (Å²) >= 11 is 1.55. The largest absolute Gasteiger partial charge is 0.460 e. The zero-order valence-electron chi connectivity index (χ0n) is 10.1. The maximum atomic E-state index is 5.55. The first-order valence-corrected chi connectivity index (χ1v) is 6.86. The lowest BCUT2D eigenvalue weighted by Crippen LogP contribution is -2.31. The van der Waals surface area contributed by atoms with Crippen LogP contribution in [0.3, 0.4) is 0 Å². The predicted molar refractivity (Wildman–Crippen MR) is 72.3 cm³/mol. The first kappa shape index (κ1) is 13.4. The topological polar surface area (TPSA) is 12.5 Å². The Hall–Kier alpha value is -0.670. The Labute approximate surface area is 103 Å². The van der Waals surface area contributed by atoms with Gasteiger partial charge in [0.2, 0.25) is 0 Å². The highest BCUT2D eigenvalue weighted by Crippen LogP contribution is 2.21. The molecule has 90 valence electrons. The maximum Gasteiger partial charge on any atom is 0.132 e. The number of rotatable bonds is 6. The van der Waals surface area contributed by atoms with Crippen molar-refractivity contribution in [2.75, 3.05) is 25.9 Å². The fraction of sp³-hybridized carbons (Fsp3) is 0.538. The van der Waals surface area contributed by atoms with Gasteiger partial charge in [0.1, 0.15) is 11.5 Å². The molecule has 0 spiro atoms. The van der Waals surface area contributed by atoms with Gasteiger partial charge in [-0.1, -0.05) is 26.2 Å². The molecule has 16 heavy (non-hydrogen) atoms. The zero-order valence-corrected chi connectivity index (χ0v) is 10.9. The summed E-state index contributed by atoms with van der Waals surface area (Å²) in [5.74, 6) is 1.39. The average molecular weight is 239 g/mol. The Morgan fingerprint density at radius 2 is 1.81 bits per heavy atom. The normalized spacial score (nSPS) is 16.8. The highest BCUT2D eigenvalue weighted by molar-refractivity contribution is 8.02. The minimum Gasteiger partial charge on any atom is -0.460 e. The highest BCUT2D eigenvalue weighted by Gasteiger charge is 2.12. The van der Waals surface area contributed by atoms with E-state index < -0.39 is 0 Å². The van der Waals surface area contributed by atoms with E-state index in [-0.39, 0.29) is 0 Å². The van der Waals surface area contributed by atoms with Crippen LogP contribution in [0.5, 0.6) is 0 Å². The summed E-state index contributed by atoms with van der Waals surface area (Å²) in [6, 6.07) is 0. The molecule has 0 aliphatic carbocycles. The standard InChI is InChI=1S/C13H21NOS/c1-11(15-12(2)13(3)16-4)10-14-8-6-5-7-9-14/h1-3,5-10H2,4H3. The third kappa shape index (κ3) is 4.45. The molecule has 1 aliphatic heterocycles. The first-order chi connectivity index (χ1) is 7.63. The molecule has 1 rings (SSSR count). The van der Waals surface area contributed by atoms with Gasteiger partial charge in [0.05, 0.1) is 6.54 Å². The summed E-state index contributed by atoms with van der Waals surface area (Å²) in [4.78, 5) is 3.24. The molecule has 0 saturated carbocycles. The van der Waals surface area contributed by atoms with E-state index in [1.165, 1.54) is 19.3 Å². The van der Waals surface area contributed by atoms with Gasteiger partial charge in [-0.2, -0.15) is 0 Å². The summed E-state index contributed by atoms with van der Waals surface area (Å²) in [6.07, 6.45) is 5.88. The van der Waals surface area contributed by atoms with Crippen LogP contribution < -0.4 is 0 Å². The van der Waals surface area contributed by atoms with Crippen molar-refractivity contribution in [1.29, 1.82) is 0 Å². The van der Waals surface area contributed by atoms with E-state index in [4.69, 9.17) is 4.74 Å². The SMILES string of the molecule is C=C(CN1CCCCC1)OC(=C)C(=C)SC. The van der Waals surface area contributed by atoms with Gasteiger partial charge in [0, 0.05) is 4.91 Å². The van der Waals surface area contributed by atoms with Crippen LogP contribution >= 0.6 is 11.8 Å². The smallest absolute Gasteiger partial charge is 0.132 e. The summed E-state index contributed by atoms with van der Waals surface area (Å²) in [6.45, 7) is 14.7. The van der Waals surface area contributed by atoms with Crippen LogP contribution in [0, 0.1) is 0 Å². The molecule has 0 radical (unpaired) electrons. The van der Waals surface area contributed by atoms with Gasteiger partial charge in [-0.3, -0.25) is 4.90 Å². The van der Waals surface area contributed by atoms with Gasteiger partial charge >= 0.3 is 0 Å². The Balaban J connectivity index is 2.29. The van der Waals surface area contributed by atoms with Crippen molar-refractivity contribution >= 4 is 11.8 Å². The van der Waals surface area contributed by atoms with E-state index in [0.29, 0.717) is 5.76 Å². The predicted octanol–water partition coefficient (Wildman–Crippen LogP) is 3.39. The first-order valence-electron chi connectivity index (χ1n) is 5.63. The van der Waals surface area contributed by atoms with Crippen LogP contribution in [0.25, 0.3) is 0 Å². The fourth-order valence-corrected chi connectivity index (χ4v) is 2.01. The van der Waals surface area contributed by atoms with Crippen molar-refractivity contribution in [1.82, 2.24) is 4.90 Å². The second kappa shape index (κ2) is 6.81. The maximum absolute atomic E-state index is 5.55. The Kier molecular flexibility index (Phi) is 5.71. The van der Waals surface area contributed by atoms with E-state index >= 15 is 0 Å². The molecule has 2 nitrogen and oxygen atoms in total. The number of ether oxygens (including phenoxy) is 1. The lowest BCUT2D eigenvalue weighted by Gasteiger charge is -2.27. The number of nitrogens with zero attached hydrogens (tertiary/aromatic N) is 1. The van der Waals surface area contributed by atoms with Crippen LogP contribution in [0.1, 0.15) is 19.3 Å². The lowest BCUT2D eigenvalue weighted by molar-refractivity contribution is 0.200. The van der Waals surface area contributed by atoms with Gasteiger partial charge in [0.25, 0.3) is 0 Å². The monoisotopic (exact) mass is 239 g/mol. The van der Waals surface area contributed by atoms with Gasteiger partial charge in [-0.15, -0.1) is 11.8 Å². The van der Waals surface area contributed by atoms with Crippen molar-refractivity contribution in [2.45, 2.75) is 19.3 Å². The second-order valence-electron chi connectivity index (χ2n) is 4.03. The number of piperidine rings is 1. The van der Waals surface area contributed by atoms with Crippen LogP contribution in [-0.4, -0.2) is 30.8 Å². The lowest BCUT2D eigenvalue weighted by atomic mass is 10.1. The number of thioether (sulfide) groups is 1. The Morgan fingerprint density at radius 3 is 2.38 bits per heavy atom. The summed E-state index contributed by atoms with van der Waals surface area (Å²) < 4.78 is 5.55. The number of hydrogen-bond acceptors (Lipinski definition) is 3. The average Bonchev–Trinajstić information content (AvgIpc) is 2.29. The van der Waals surface area contributed by atoms with Crippen molar-refractivity contribution in [2.24, 2.45) is 0 Å². The van der Waals surface area contributed by atoms with Gasteiger partial charge in [0.15, 0.2) is 0 Å². The van der Waals surface area contributed by atoms with Crippen molar-refractivity contribution in [3.63, 3.8) is 0 Å². The molecule has 0 bridgehead atoms. The summed E-state index contributed by atoms with van der Waals surface area (Å²) in [5.41, 5.74) is 0. The molecule has 0 N–H and O–H groups in total. The molecule has 1 heterocycles. The molecule has 0 atom stereocenters. The zero-order chi connectivity index (χ0) is 12.0. The van der Waals surface area contributed by atoms with Gasteiger partial charge in [-0.25, -0.2) is 0 Å². The van der Waals surface area contributed by atoms with Crippen molar-refractivity contribution in [3.05, 3.63) is 36.2 Å². The molecular weight excluding hydrogens is 218 g/mol. The summed E-state index contributed by atoms with van der Waals surface area (Å²) in [5, 5.41) is 0. The number of hydrogen-bond donors (Lipinski definition) is 0. The van der Waals surface area contributed by atoms with Crippen molar-refractivity contribution < 1.29 is 4.74 Å². The molecule has 0 unspecified atom stereocenters. The van der Waals surface area contributed by atoms with Gasteiger partial charge in [-0.05, 0) is 32.2 Å². The van der Waals surface area contributed by atoms with Crippen molar-refractivity contribution in [3.8, 4) is 0 Å². The molecule has 0 aromatic heterocycles. The van der Waals surface area contributed by atoms with E-state index in [2.05, 4.69) is 24.6 Å². The second-order valence-corrected chi connectivity index (χ2v) is 4.93. The van der Waals surface area contributed by atoms with E-state index in [9.17, 15) is 0 Å².